The summed E-state index contributed by atoms with van der Waals surface area (Å²) in [5, 5.41) is 0. The molecular weight excluding hydrogens is 240 g/mol. The van der Waals surface area contributed by atoms with Crippen LogP contribution < -0.4 is 10.5 Å². The second-order valence-corrected chi connectivity index (χ2v) is 5.23. The molecule has 4 heteroatoms. The van der Waals surface area contributed by atoms with Crippen molar-refractivity contribution in [2.45, 2.75) is 26.2 Å². The first-order valence-electron chi connectivity index (χ1n) is 6.91. The van der Waals surface area contributed by atoms with Crippen LogP contribution in [0.5, 0.6) is 5.75 Å². The summed E-state index contributed by atoms with van der Waals surface area (Å²) < 4.78 is 5.54. The van der Waals surface area contributed by atoms with Gasteiger partial charge < -0.3 is 15.4 Å². The van der Waals surface area contributed by atoms with Gasteiger partial charge in [-0.1, -0.05) is 13.0 Å². The Bertz CT molecular complexity index is 426. The first kappa shape index (κ1) is 13.7. The van der Waals surface area contributed by atoms with Gasteiger partial charge in [0.05, 0.1) is 13.0 Å². The van der Waals surface area contributed by atoms with Gasteiger partial charge >= 0.3 is 0 Å². The van der Waals surface area contributed by atoms with Crippen molar-refractivity contribution in [3.8, 4) is 5.75 Å². The maximum absolute atomic E-state index is 12.0. The Morgan fingerprint density at radius 3 is 2.84 bits per heavy atom. The zero-order valence-corrected chi connectivity index (χ0v) is 11.5. The number of nitrogen functional groups attached to an aromatic ring is 1. The number of amides is 1. The van der Waals surface area contributed by atoms with E-state index in [2.05, 4.69) is 6.92 Å². The molecule has 0 bridgehead atoms. The quantitative estimate of drug-likeness (QED) is 0.847. The molecule has 2 N–H and O–H groups in total. The Labute approximate surface area is 114 Å². The summed E-state index contributed by atoms with van der Waals surface area (Å²) in [5.41, 5.74) is 6.34. The summed E-state index contributed by atoms with van der Waals surface area (Å²) in [7, 11) is 0. The lowest BCUT2D eigenvalue weighted by atomic mass is 9.99. The van der Waals surface area contributed by atoms with Gasteiger partial charge in [0.1, 0.15) is 5.75 Å². The van der Waals surface area contributed by atoms with E-state index in [9.17, 15) is 4.79 Å². The molecule has 1 aliphatic rings. The molecule has 1 heterocycles. The topological polar surface area (TPSA) is 55.6 Å². The van der Waals surface area contributed by atoms with Gasteiger partial charge in [-0.25, -0.2) is 0 Å². The highest BCUT2D eigenvalue weighted by Gasteiger charge is 2.19. The number of rotatable bonds is 4. The Balaban J connectivity index is 1.72. The molecule has 1 fully saturated rings. The highest BCUT2D eigenvalue weighted by atomic mass is 16.5. The van der Waals surface area contributed by atoms with Gasteiger partial charge in [0.25, 0.3) is 0 Å². The normalized spacial score (nSPS) is 16.4. The van der Waals surface area contributed by atoms with Crippen LogP contribution in [0.1, 0.15) is 26.2 Å². The van der Waals surface area contributed by atoms with Crippen LogP contribution in [-0.4, -0.2) is 30.5 Å². The van der Waals surface area contributed by atoms with Crippen molar-refractivity contribution in [2.75, 3.05) is 25.4 Å². The number of likely N-dealkylation sites (tertiary alicyclic amines) is 1. The van der Waals surface area contributed by atoms with Crippen molar-refractivity contribution in [1.29, 1.82) is 0 Å². The van der Waals surface area contributed by atoms with Crippen LogP contribution in [0.25, 0.3) is 0 Å². The summed E-state index contributed by atoms with van der Waals surface area (Å²) in [6.45, 7) is 4.43. The van der Waals surface area contributed by atoms with Gasteiger partial charge in [-0.15, -0.1) is 0 Å². The van der Waals surface area contributed by atoms with Crippen molar-refractivity contribution in [3.63, 3.8) is 0 Å². The predicted molar refractivity (Wildman–Crippen MR) is 75.9 cm³/mol. The zero-order chi connectivity index (χ0) is 13.7. The molecule has 0 aromatic heterocycles. The molecule has 1 saturated heterocycles. The molecular formula is C15H22N2O2. The molecule has 0 saturated carbocycles. The average molecular weight is 262 g/mol. The van der Waals surface area contributed by atoms with Gasteiger partial charge in [0, 0.05) is 24.8 Å². The Hall–Kier alpha value is -1.71. The van der Waals surface area contributed by atoms with Crippen LogP contribution in [0, 0.1) is 5.92 Å². The molecule has 19 heavy (non-hydrogen) atoms. The van der Waals surface area contributed by atoms with E-state index in [0.717, 1.165) is 37.6 Å². The predicted octanol–water partition coefficient (Wildman–Crippen LogP) is 2.30. The van der Waals surface area contributed by atoms with E-state index in [-0.39, 0.29) is 5.91 Å². The van der Waals surface area contributed by atoms with Crippen molar-refractivity contribution < 1.29 is 9.53 Å². The Kier molecular flexibility index (Phi) is 4.66. The molecule has 4 nitrogen and oxygen atoms in total. The first-order valence-corrected chi connectivity index (χ1v) is 6.91. The van der Waals surface area contributed by atoms with E-state index in [0.29, 0.717) is 18.7 Å². The number of piperidine rings is 1. The third-order valence-corrected chi connectivity index (χ3v) is 3.58. The lowest BCUT2D eigenvalue weighted by Crippen LogP contribution is -2.38. The number of benzene rings is 1. The molecule has 0 unspecified atom stereocenters. The summed E-state index contributed by atoms with van der Waals surface area (Å²) in [5.74, 6) is 1.66. The molecule has 0 spiro atoms. The number of carbonyl (C=O) groups is 1. The Morgan fingerprint density at radius 1 is 1.42 bits per heavy atom. The lowest BCUT2D eigenvalue weighted by Gasteiger charge is -2.30. The number of nitrogens with zero attached hydrogens (tertiary/aromatic N) is 1. The van der Waals surface area contributed by atoms with E-state index < -0.39 is 0 Å². The fourth-order valence-corrected chi connectivity index (χ4v) is 2.28. The fraction of sp³-hybridized carbons (Fsp3) is 0.533. The van der Waals surface area contributed by atoms with E-state index in [1.165, 1.54) is 0 Å². The van der Waals surface area contributed by atoms with Crippen LogP contribution in [0.3, 0.4) is 0 Å². The van der Waals surface area contributed by atoms with Gasteiger partial charge in [0.2, 0.25) is 5.91 Å². The monoisotopic (exact) mass is 262 g/mol. The fourth-order valence-electron chi connectivity index (χ4n) is 2.28. The second kappa shape index (κ2) is 6.45. The van der Waals surface area contributed by atoms with E-state index in [4.69, 9.17) is 10.5 Å². The smallest absolute Gasteiger partial charge is 0.225 e. The maximum atomic E-state index is 12.0. The molecule has 1 aliphatic heterocycles. The highest BCUT2D eigenvalue weighted by molar-refractivity contribution is 5.76. The number of carbonyl (C=O) groups excluding carboxylic acids is 1. The van der Waals surface area contributed by atoms with Crippen LogP contribution in [0.15, 0.2) is 24.3 Å². The summed E-state index contributed by atoms with van der Waals surface area (Å²) in [4.78, 5) is 13.9. The molecule has 1 amide bonds. The van der Waals surface area contributed by atoms with Gasteiger partial charge in [-0.2, -0.15) is 0 Å². The van der Waals surface area contributed by atoms with Crippen LogP contribution >= 0.6 is 0 Å². The van der Waals surface area contributed by atoms with Crippen molar-refractivity contribution >= 4 is 11.6 Å². The van der Waals surface area contributed by atoms with E-state index in [1.807, 2.05) is 23.1 Å². The Morgan fingerprint density at radius 2 is 2.16 bits per heavy atom. The second-order valence-electron chi connectivity index (χ2n) is 5.23. The van der Waals surface area contributed by atoms with Crippen LogP contribution in [0.2, 0.25) is 0 Å². The van der Waals surface area contributed by atoms with Crippen molar-refractivity contribution in [1.82, 2.24) is 4.90 Å². The summed E-state index contributed by atoms with van der Waals surface area (Å²) in [6, 6.07) is 7.28. The molecule has 2 rings (SSSR count). The summed E-state index contributed by atoms with van der Waals surface area (Å²) >= 11 is 0. The zero-order valence-electron chi connectivity index (χ0n) is 11.5. The molecule has 0 radical (unpaired) electrons. The number of ether oxygens (including phenoxy) is 1. The van der Waals surface area contributed by atoms with Crippen LogP contribution in [-0.2, 0) is 4.79 Å². The largest absolute Gasteiger partial charge is 0.493 e. The maximum Gasteiger partial charge on any atom is 0.225 e. The number of hydrogen-bond donors (Lipinski definition) is 1. The van der Waals surface area contributed by atoms with Crippen molar-refractivity contribution in [3.05, 3.63) is 24.3 Å². The minimum atomic E-state index is 0.191. The molecule has 0 atom stereocenters. The average Bonchev–Trinajstić information content (AvgIpc) is 2.39. The van der Waals surface area contributed by atoms with E-state index in [1.54, 1.807) is 6.07 Å². The molecule has 1 aromatic rings. The van der Waals surface area contributed by atoms with Gasteiger partial charge in [-0.05, 0) is 30.9 Å². The molecule has 0 aliphatic carbocycles. The summed E-state index contributed by atoms with van der Waals surface area (Å²) in [6.07, 6.45) is 2.66. The lowest BCUT2D eigenvalue weighted by molar-refractivity contribution is -0.133. The number of anilines is 1. The third kappa shape index (κ3) is 4.16. The molecule has 1 aromatic carbocycles. The van der Waals surface area contributed by atoms with Gasteiger partial charge in [0.15, 0.2) is 0 Å². The SMILES string of the molecule is CC1CCN(C(=O)CCOc2cccc(N)c2)CC1. The van der Waals surface area contributed by atoms with Crippen molar-refractivity contribution in [2.24, 2.45) is 5.92 Å². The number of hydrogen-bond acceptors (Lipinski definition) is 3. The van der Waals surface area contributed by atoms with Gasteiger partial charge in [-0.3, -0.25) is 4.79 Å². The highest BCUT2D eigenvalue weighted by Crippen LogP contribution is 2.17. The van der Waals surface area contributed by atoms with Crippen LogP contribution in [0.4, 0.5) is 5.69 Å². The number of nitrogens with two attached hydrogens (primary N) is 1. The minimum absolute atomic E-state index is 0.191. The minimum Gasteiger partial charge on any atom is -0.493 e. The first-order chi connectivity index (χ1) is 9.15. The molecule has 104 valence electrons. The van der Waals surface area contributed by atoms with E-state index >= 15 is 0 Å². The standard InChI is InChI=1S/C15H22N2O2/c1-12-5-8-17(9-6-12)15(18)7-10-19-14-4-2-3-13(16)11-14/h2-4,11-12H,5-10,16H2,1H3. The third-order valence-electron chi connectivity index (χ3n) is 3.58.